The molecule has 0 atom stereocenters. The molecule has 65 heavy (non-hydrogen) atoms. The topological polar surface area (TPSA) is 6.48 Å². The molecule has 0 aliphatic heterocycles. The molecule has 0 amide bonds. The van der Waals surface area contributed by atoms with Crippen LogP contribution in [0.4, 0.5) is 28.4 Å². The van der Waals surface area contributed by atoms with E-state index >= 15 is 0 Å². The summed E-state index contributed by atoms with van der Waals surface area (Å²) in [4.78, 5) is 4.82. The van der Waals surface area contributed by atoms with Gasteiger partial charge < -0.3 is 9.80 Å². The van der Waals surface area contributed by atoms with Gasteiger partial charge in [0.2, 0.25) is 0 Å². The van der Waals surface area contributed by atoms with Gasteiger partial charge >= 0.3 is 0 Å². The normalized spacial score (nSPS) is 11.8. The molecule has 312 valence electrons. The zero-order chi connectivity index (χ0) is 43.8. The summed E-state index contributed by atoms with van der Waals surface area (Å²) in [5.41, 5.74) is 15.4. The zero-order valence-corrected chi connectivity index (χ0v) is 36.6. The van der Waals surface area contributed by atoms with Gasteiger partial charge in [-0.15, -0.1) is 0 Å². The van der Waals surface area contributed by atoms with E-state index in [4.69, 9.17) is 0 Å². The lowest BCUT2D eigenvalue weighted by Gasteiger charge is -2.29. The third-order valence-corrected chi connectivity index (χ3v) is 12.3. The third kappa shape index (κ3) is 8.89. The second-order valence-corrected chi connectivity index (χ2v) is 16.4. The summed E-state index contributed by atoms with van der Waals surface area (Å²) in [6.45, 7) is 2.26. The molecular weight excluding hydrogens is 785 g/mol. The van der Waals surface area contributed by atoms with Crippen LogP contribution < -0.4 is 9.80 Å². The molecular formula is C63H50N2. The lowest BCUT2D eigenvalue weighted by molar-refractivity contribution is 1.02. The maximum atomic E-state index is 2.45. The van der Waals surface area contributed by atoms with E-state index in [1.165, 1.54) is 60.6 Å². The van der Waals surface area contributed by atoms with E-state index in [1.807, 2.05) is 0 Å². The minimum absolute atomic E-state index is 0.846. The molecule has 10 aromatic carbocycles. The Kier molecular flexibility index (Phi) is 12.0. The largest absolute Gasteiger partial charge is 0.314 e. The van der Waals surface area contributed by atoms with Crippen molar-refractivity contribution in [1.82, 2.24) is 0 Å². The Bertz CT molecular complexity index is 3210. The molecule has 0 spiro atoms. The molecule has 0 heterocycles. The first kappa shape index (κ1) is 40.8. The van der Waals surface area contributed by atoms with Gasteiger partial charge in [0.25, 0.3) is 0 Å². The highest BCUT2D eigenvalue weighted by Gasteiger charge is 2.19. The second kappa shape index (κ2) is 19.0. The predicted molar refractivity (Wildman–Crippen MR) is 279 cm³/mol. The molecule has 0 saturated heterocycles. The molecule has 0 aliphatic carbocycles. The Morgan fingerprint density at radius 2 is 0.800 bits per heavy atom. The van der Waals surface area contributed by atoms with Crippen molar-refractivity contribution in [3.05, 3.63) is 278 Å². The quantitative estimate of drug-likeness (QED) is 0.107. The number of benzene rings is 10. The Labute approximate surface area is 383 Å². The first-order valence-electron chi connectivity index (χ1n) is 22.6. The lowest BCUT2D eigenvalue weighted by Crippen LogP contribution is -2.16. The second-order valence-electron chi connectivity index (χ2n) is 16.4. The molecule has 2 nitrogen and oxygen atoms in total. The van der Waals surface area contributed by atoms with Gasteiger partial charge in [-0.3, -0.25) is 0 Å². The van der Waals surface area contributed by atoms with E-state index in [2.05, 4.69) is 278 Å². The summed E-state index contributed by atoms with van der Waals surface area (Å²) in [5, 5.41) is 4.86. The molecule has 0 aromatic heterocycles. The summed E-state index contributed by atoms with van der Waals surface area (Å²) < 4.78 is 0. The number of allylic oxidation sites excluding steroid dienone is 4. The van der Waals surface area contributed by atoms with Gasteiger partial charge in [-0.1, -0.05) is 213 Å². The molecule has 0 fully saturated rings. The first-order valence-corrected chi connectivity index (χ1v) is 22.6. The smallest absolute Gasteiger partial charge is 0.0540 e. The zero-order valence-electron chi connectivity index (χ0n) is 36.6. The van der Waals surface area contributed by atoms with E-state index in [9.17, 15) is 0 Å². The van der Waals surface area contributed by atoms with Crippen LogP contribution in [0, 0.1) is 0 Å². The van der Waals surface area contributed by atoms with Crippen LogP contribution in [0.15, 0.2) is 267 Å². The SMILES string of the molecule is CC/C(=C\C=C(/Cc1ccccc1)c1ccccc1)N(c1ccc(-c2ccc(N(c3ccc(-c4ccccc4)cc3)c3cccc4ccccc34)cc2)cc1)c1cccc2ccccc12. The van der Waals surface area contributed by atoms with Gasteiger partial charge in [0.15, 0.2) is 0 Å². The highest BCUT2D eigenvalue weighted by Crippen LogP contribution is 2.41. The van der Waals surface area contributed by atoms with Crippen molar-refractivity contribution in [2.24, 2.45) is 0 Å². The highest BCUT2D eigenvalue weighted by molar-refractivity contribution is 6.00. The van der Waals surface area contributed by atoms with Crippen molar-refractivity contribution in [1.29, 1.82) is 0 Å². The standard InChI is InChI=1S/C63H50N2/c1-2-56(39-38-55(49-22-10-5-11-23-49)46-47-18-6-3-7-19-47)64(62-30-16-26-53-24-12-14-28-60(53)62)57-40-34-51(35-41-57)52-36-44-59(45-37-52)65(63-31-17-27-54-25-13-15-29-61(54)63)58-42-32-50(33-43-58)48-20-8-4-9-21-48/h3-45H,2,46H2,1H3/b55-38+,56-39+. The van der Waals surface area contributed by atoms with Crippen molar-refractivity contribution < 1.29 is 0 Å². The van der Waals surface area contributed by atoms with Crippen LogP contribution in [0.25, 0.3) is 49.4 Å². The Hall–Kier alpha value is -8.20. The van der Waals surface area contributed by atoms with E-state index in [0.29, 0.717) is 0 Å². The molecule has 0 saturated carbocycles. The average Bonchev–Trinajstić information content (AvgIpc) is 3.38. The van der Waals surface area contributed by atoms with Crippen molar-refractivity contribution in [3.63, 3.8) is 0 Å². The molecule has 0 unspecified atom stereocenters. The van der Waals surface area contributed by atoms with Crippen molar-refractivity contribution in [3.8, 4) is 22.3 Å². The summed E-state index contributed by atoms with van der Waals surface area (Å²) in [5.74, 6) is 0. The first-order chi connectivity index (χ1) is 32.2. The third-order valence-electron chi connectivity index (χ3n) is 12.3. The summed E-state index contributed by atoms with van der Waals surface area (Å²) >= 11 is 0. The van der Waals surface area contributed by atoms with Crippen molar-refractivity contribution >= 4 is 55.6 Å². The van der Waals surface area contributed by atoms with Gasteiger partial charge in [0, 0.05) is 33.5 Å². The van der Waals surface area contributed by atoms with Crippen LogP contribution in [0.1, 0.15) is 24.5 Å². The van der Waals surface area contributed by atoms with Gasteiger partial charge in [0.1, 0.15) is 0 Å². The maximum Gasteiger partial charge on any atom is 0.0540 e. The van der Waals surface area contributed by atoms with Crippen molar-refractivity contribution in [2.75, 3.05) is 9.80 Å². The van der Waals surface area contributed by atoms with Gasteiger partial charge in [-0.2, -0.15) is 0 Å². The van der Waals surface area contributed by atoms with Crippen molar-refractivity contribution in [2.45, 2.75) is 19.8 Å². The van der Waals surface area contributed by atoms with Crippen LogP contribution in [0.3, 0.4) is 0 Å². The number of anilines is 5. The number of hydrogen-bond donors (Lipinski definition) is 0. The van der Waals surface area contributed by atoms with E-state index in [-0.39, 0.29) is 0 Å². The maximum absolute atomic E-state index is 2.45. The van der Waals surface area contributed by atoms with Gasteiger partial charge in [-0.05, 0) is 117 Å². The Balaban J connectivity index is 1.01. The molecule has 0 radical (unpaired) electrons. The minimum Gasteiger partial charge on any atom is -0.314 e. The number of nitrogens with zero attached hydrogens (tertiary/aromatic N) is 2. The Morgan fingerprint density at radius 3 is 1.35 bits per heavy atom. The van der Waals surface area contributed by atoms with E-state index in [1.54, 1.807) is 0 Å². The summed E-state index contributed by atoms with van der Waals surface area (Å²) in [7, 11) is 0. The van der Waals surface area contributed by atoms with Gasteiger partial charge in [0.05, 0.1) is 11.4 Å². The molecule has 0 aliphatic rings. The highest BCUT2D eigenvalue weighted by atomic mass is 15.2. The van der Waals surface area contributed by atoms with Crippen LogP contribution >= 0.6 is 0 Å². The Morgan fingerprint density at radius 1 is 0.369 bits per heavy atom. The van der Waals surface area contributed by atoms with E-state index in [0.717, 1.165) is 46.8 Å². The molecule has 0 N–H and O–H groups in total. The van der Waals surface area contributed by atoms with E-state index < -0.39 is 0 Å². The average molecular weight is 835 g/mol. The molecule has 10 aromatic rings. The summed E-state index contributed by atoms with van der Waals surface area (Å²) in [6.07, 6.45) is 6.35. The molecule has 0 bridgehead atoms. The van der Waals surface area contributed by atoms with Crippen LogP contribution in [0.2, 0.25) is 0 Å². The summed E-state index contributed by atoms with van der Waals surface area (Å²) in [6, 6.07) is 89.6. The minimum atomic E-state index is 0.846. The number of fused-ring (bicyclic) bond motifs is 2. The predicted octanol–water partition coefficient (Wildman–Crippen LogP) is 17.6. The van der Waals surface area contributed by atoms with Crippen LogP contribution in [-0.4, -0.2) is 0 Å². The number of hydrogen-bond acceptors (Lipinski definition) is 2. The van der Waals surface area contributed by atoms with Gasteiger partial charge in [-0.25, -0.2) is 0 Å². The number of rotatable bonds is 13. The fourth-order valence-electron chi connectivity index (χ4n) is 9.01. The molecule has 10 rings (SSSR count). The fraction of sp³-hybridized carbons (Fsp3) is 0.0476. The fourth-order valence-corrected chi connectivity index (χ4v) is 9.01. The van der Waals surface area contributed by atoms with Crippen LogP contribution in [0.5, 0.6) is 0 Å². The molecule has 2 heteroatoms. The monoisotopic (exact) mass is 834 g/mol. The van der Waals surface area contributed by atoms with Crippen LogP contribution in [-0.2, 0) is 6.42 Å². The lowest BCUT2D eigenvalue weighted by atomic mass is 9.97.